The Morgan fingerprint density at radius 3 is 2.50 bits per heavy atom. The van der Waals surface area contributed by atoms with E-state index in [1.54, 1.807) is 0 Å². The molecule has 1 amide bonds. The van der Waals surface area contributed by atoms with E-state index in [1.807, 2.05) is 0 Å². The molecule has 1 aliphatic rings. The highest BCUT2D eigenvalue weighted by Crippen LogP contribution is 2.32. The number of imidazole rings is 1. The van der Waals surface area contributed by atoms with Gasteiger partial charge < -0.3 is 4.90 Å². The van der Waals surface area contributed by atoms with Crippen LogP contribution in [0.15, 0.2) is 34.2 Å². The first-order chi connectivity index (χ1) is 14.9. The number of hydrogen-bond donors (Lipinski definition) is 0. The summed E-state index contributed by atoms with van der Waals surface area (Å²) in [5.41, 5.74) is -2.36. The molecule has 9 nitrogen and oxygen atoms in total. The maximum Gasteiger partial charge on any atom is 0.431 e. The summed E-state index contributed by atoms with van der Waals surface area (Å²) in [6, 6.07) is 2.02. The highest BCUT2D eigenvalue weighted by atomic mass is 32.2. The second-order valence-electron chi connectivity index (χ2n) is 7.32. The first kappa shape index (κ1) is 22.0. The summed E-state index contributed by atoms with van der Waals surface area (Å²) in [5.74, 6) is -0.429. The summed E-state index contributed by atoms with van der Waals surface area (Å²) >= 11 is 0. The molecule has 1 aliphatic heterocycles. The zero-order valence-electron chi connectivity index (χ0n) is 17.0. The number of fused-ring (bicyclic) bond motifs is 1. The fraction of sp³-hybridized carbons (Fsp3) is 0.368. The van der Waals surface area contributed by atoms with E-state index in [0.717, 1.165) is 17.6 Å². The molecule has 0 unspecified atom stereocenters. The standard InChI is InChI=1S/C19H18F3N5O4S/c1-3-32(30,31)13-7-11(26-6-4-5-16(26)28)9-23-17(13)12-10-27-15(24-12)8-14(19(20,21)22)25(2)18(27)29/h7-10H,3-6H2,1-2H3. The molecule has 32 heavy (non-hydrogen) atoms. The lowest BCUT2D eigenvalue weighted by atomic mass is 10.2. The molecule has 3 aromatic rings. The number of carbonyl (C=O) groups excluding carboxylic acids is 1. The number of carbonyl (C=O) groups is 1. The van der Waals surface area contributed by atoms with E-state index in [9.17, 15) is 31.2 Å². The van der Waals surface area contributed by atoms with Gasteiger partial charge >= 0.3 is 11.9 Å². The summed E-state index contributed by atoms with van der Waals surface area (Å²) in [5, 5.41) is 0. The molecule has 3 aromatic heterocycles. The lowest BCUT2D eigenvalue weighted by Crippen LogP contribution is -2.29. The Kier molecular flexibility index (Phi) is 5.11. The summed E-state index contributed by atoms with van der Waals surface area (Å²) in [6.07, 6.45) is -1.34. The number of pyridine rings is 1. The minimum atomic E-state index is -4.78. The van der Waals surface area contributed by atoms with Crippen LogP contribution in [0.2, 0.25) is 0 Å². The van der Waals surface area contributed by atoms with E-state index in [-0.39, 0.29) is 33.6 Å². The normalized spacial score (nSPS) is 15.2. The van der Waals surface area contributed by atoms with Gasteiger partial charge in [0.05, 0.1) is 22.5 Å². The molecular formula is C19H18F3N5O4S. The number of anilines is 1. The molecule has 0 spiro atoms. The maximum absolute atomic E-state index is 13.3. The van der Waals surface area contributed by atoms with Crippen LogP contribution in [-0.4, -0.2) is 45.6 Å². The second-order valence-corrected chi connectivity index (χ2v) is 9.56. The van der Waals surface area contributed by atoms with E-state index >= 15 is 0 Å². The Balaban J connectivity index is 1.94. The minimum Gasteiger partial charge on any atom is -0.311 e. The summed E-state index contributed by atoms with van der Waals surface area (Å²) in [7, 11) is -2.86. The number of hydrogen-bond acceptors (Lipinski definition) is 6. The molecule has 0 saturated carbocycles. The highest BCUT2D eigenvalue weighted by molar-refractivity contribution is 7.91. The van der Waals surface area contributed by atoms with Crippen molar-refractivity contribution < 1.29 is 26.4 Å². The second kappa shape index (κ2) is 7.43. The molecule has 0 aliphatic carbocycles. The van der Waals surface area contributed by atoms with E-state index in [2.05, 4.69) is 9.97 Å². The molecule has 0 aromatic carbocycles. The zero-order valence-corrected chi connectivity index (χ0v) is 17.9. The Labute approximate surface area is 180 Å². The molecule has 1 saturated heterocycles. The van der Waals surface area contributed by atoms with Crippen molar-refractivity contribution in [3.05, 3.63) is 40.7 Å². The van der Waals surface area contributed by atoms with Crippen LogP contribution in [0.1, 0.15) is 25.5 Å². The fourth-order valence-electron chi connectivity index (χ4n) is 3.61. The predicted octanol–water partition coefficient (Wildman–Crippen LogP) is 2.03. The topological polar surface area (TPSA) is 107 Å². The lowest BCUT2D eigenvalue weighted by molar-refractivity contribution is -0.143. The van der Waals surface area contributed by atoms with Crippen LogP contribution < -0.4 is 10.6 Å². The lowest BCUT2D eigenvalue weighted by Gasteiger charge is -2.17. The Hall–Kier alpha value is -3.22. The summed E-state index contributed by atoms with van der Waals surface area (Å²) < 4.78 is 66.7. The molecule has 0 bridgehead atoms. The van der Waals surface area contributed by atoms with Crippen LogP contribution in [-0.2, 0) is 27.9 Å². The van der Waals surface area contributed by atoms with Gasteiger partial charge in [-0.1, -0.05) is 6.92 Å². The van der Waals surface area contributed by atoms with Crippen LogP contribution in [0, 0.1) is 0 Å². The monoisotopic (exact) mass is 469 g/mol. The van der Waals surface area contributed by atoms with Gasteiger partial charge in [0, 0.05) is 32.3 Å². The van der Waals surface area contributed by atoms with Crippen molar-refractivity contribution in [2.24, 2.45) is 7.05 Å². The van der Waals surface area contributed by atoms with Crippen LogP contribution in [0.5, 0.6) is 0 Å². The number of aromatic nitrogens is 4. The van der Waals surface area contributed by atoms with Gasteiger partial charge in [-0.25, -0.2) is 18.2 Å². The molecule has 0 N–H and O–H groups in total. The molecule has 13 heteroatoms. The van der Waals surface area contributed by atoms with Crippen molar-refractivity contribution in [3.8, 4) is 11.4 Å². The molecule has 0 atom stereocenters. The number of rotatable bonds is 4. The largest absolute Gasteiger partial charge is 0.431 e. The highest BCUT2D eigenvalue weighted by Gasteiger charge is 2.35. The van der Waals surface area contributed by atoms with Gasteiger partial charge in [-0.05, 0) is 12.5 Å². The van der Waals surface area contributed by atoms with E-state index in [4.69, 9.17) is 0 Å². The fourth-order valence-corrected chi connectivity index (χ4v) is 4.67. The SMILES string of the molecule is CCS(=O)(=O)c1cc(N2CCCC2=O)cnc1-c1cn2c(=O)n(C)c(C(F)(F)F)cc2n1. The van der Waals surface area contributed by atoms with Crippen molar-refractivity contribution in [2.75, 3.05) is 17.2 Å². The first-order valence-corrected chi connectivity index (χ1v) is 11.3. The quantitative estimate of drug-likeness (QED) is 0.579. The van der Waals surface area contributed by atoms with Gasteiger partial charge in [0.1, 0.15) is 22.7 Å². The van der Waals surface area contributed by atoms with Crippen LogP contribution >= 0.6 is 0 Å². The van der Waals surface area contributed by atoms with Crippen molar-refractivity contribution in [1.29, 1.82) is 0 Å². The number of halogens is 3. The van der Waals surface area contributed by atoms with E-state index in [0.29, 0.717) is 35.7 Å². The van der Waals surface area contributed by atoms with Crippen LogP contribution in [0.25, 0.3) is 17.0 Å². The summed E-state index contributed by atoms with van der Waals surface area (Å²) in [4.78, 5) is 34.0. The van der Waals surface area contributed by atoms with Crippen molar-refractivity contribution in [1.82, 2.24) is 18.9 Å². The number of amides is 1. The zero-order chi connectivity index (χ0) is 23.4. The molecular weight excluding hydrogens is 451 g/mol. The van der Waals surface area contributed by atoms with Crippen molar-refractivity contribution >= 4 is 27.1 Å². The predicted molar refractivity (Wildman–Crippen MR) is 108 cm³/mol. The van der Waals surface area contributed by atoms with Gasteiger partial charge in [-0.15, -0.1) is 0 Å². The number of sulfone groups is 1. The number of alkyl halides is 3. The van der Waals surface area contributed by atoms with Gasteiger partial charge in [0.15, 0.2) is 9.84 Å². The average molecular weight is 469 g/mol. The van der Waals surface area contributed by atoms with E-state index in [1.165, 1.54) is 24.1 Å². The van der Waals surface area contributed by atoms with Gasteiger partial charge in [0.25, 0.3) is 0 Å². The molecule has 0 radical (unpaired) electrons. The average Bonchev–Trinajstić information content (AvgIpc) is 3.35. The van der Waals surface area contributed by atoms with Crippen molar-refractivity contribution in [3.63, 3.8) is 0 Å². The third-order valence-electron chi connectivity index (χ3n) is 5.32. The third kappa shape index (κ3) is 3.55. The molecule has 4 heterocycles. The van der Waals surface area contributed by atoms with Gasteiger partial charge in [0.2, 0.25) is 5.91 Å². The minimum absolute atomic E-state index is 0.0762. The Morgan fingerprint density at radius 1 is 1.19 bits per heavy atom. The summed E-state index contributed by atoms with van der Waals surface area (Å²) in [6.45, 7) is 1.86. The maximum atomic E-state index is 13.3. The first-order valence-electron chi connectivity index (χ1n) is 9.64. The van der Waals surface area contributed by atoms with Crippen LogP contribution in [0.4, 0.5) is 18.9 Å². The molecule has 170 valence electrons. The number of nitrogens with zero attached hydrogens (tertiary/aromatic N) is 5. The van der Waals surface area contributed by atoms with Crippen LogP contribution in [0.3, 0.4) is 0 Å². The molecule has 4 rings (SSSR count). The Morgan fingerprint density at radius 2 is 1.91 bits per heavy atom. The molecule has 1 fully saturated rings. The van der Waals surface area contributed by atoms with Gasteiger partial charge in [-0.2, -0.15) is 13.2 Å². The van der Waals surface area contributed by atoms with E-state index < -0.39 is 27.4 Å². The smallest absolute Gasteiger partial charge is 0.311 e. The third-order valence-corrected chi connectivity index (χ3v) is 7.07. The Bertz CT molecular complexity index is 1410. The van der Waals surface area contributed by atoms with Gasteiger partial charge in [-0.3, -0.25) is 18.7 Å². The van der Waals surface area contributed by atoms with Crippen molar-refractivity contribution in [2.45, 2.75) is 30.8 Å².